The molecule has 0 spiro atoms. The van der Waals surface area contributed by atoms with E-state index < -0.39 is 47.3 Å². The highest BCUT2D eigenvalue weighted by Gasteiger charge is 2.40. The summed E-state index contributed by atoms with van der Waals surface area (Å²) < 4.78 is 64.1. The van der Waals surface area contributed by atoms with E-state index in [4.69, 9.17) is 20.0 Å². The van der Waals surface area contributed by atoms with Gasteiger partial charge in [-0.25, -0.2) is 9.18 Å². The summed E-state index contributed by atoms with van der Waals surface area (Å²) in [5.41, 5.74) is -4.53. The largest absolute Gasteiger partial charge is 0.489 e. The summed E-state index contributed by atoms with van der Waals surface area (Å²) in [7, 11) is 2.68. The molecule has 0 aliphatic rings. The fourth-order valence-corrected chi connectivity index (χ4v) is 2.54. The topological polar surface area (TPSA) is 115 Å². The highest BCUT2D eigenvalue weighted by atomic mass is 19.4. The van der Waals surface area contributed by atoms with Crippen LogP contribution < -0.4 is 10.1 Å². The van der Waals surface area contributed by atoms with Crippen LogP contribution >= 0.6 is 0 Å². The van der Waals surface area contributed by atoms with E-state index in [2.05, 4.69) is 5.32 Å². The number of ether oxygens (including phenoxy) is 2. The molecule has 34 heavy (non-hydrogen) atoms. The number of alkyl halides is 3. The molecule has 0 unspecified atom stereocenters. The molecular formula is C22H18F4N4O4. The van der Waals surface area contributed by atoms with Crippen molar-refractivity contribution in [2.24, 2.45) is 0 Å². The molecule has 2 rings (SSSR count). The van der Waals surface area contributed by atoms with Crippen molar-refractivity contribution >= 4 is 17.7 Å². The summed E-state index contributed by atoms with van der Waals surface area (Å²) in [6.45, 7) is 0.504. The van der Waals surface area contributed by atoms with E-state index >= 15 is 0 Å². The molecule has 1 N–H and O–H groups in total. The Hall–Kier alpha value is -4.32. The number of hydrogen-bond donors (Lipinski definition) is 1. The van der Waals surface area contributed by atoms with Crippen molar-refractivity contribution in [3.05, 3.63) is 58.9 Å². The van der Waals surface area contributed by atoms with E-state index in [1.165, 1.54) is 26.2 Å². The number of carbonyl (C=O) groups excluding carboxylic acids is 2. The summed E-state index contributed by atoms with van der Waals surface area (Å²) in [5, 5.41) is 19.9. The summed E-state index contributed by atoms with van der Waals surface area (Å²) in [6, 6.07) is 8.88. The second-order valence-corrected chi connectivity index (χ2v) is 7.36. The Morgan fingerprint density at radius 2 is 1.68 bits per heavy atom. The predicted octanol–water partition coefficient (Wildman–Crippen LogP) is 4.06. The van der Waals surface area contributed by atoms with Crippen LogP contribution in [0.5, 0.6) is 5.75 Å². The predicted molar refractivity (Wildman–Crippen MR) is 110 cm³/mol. The van der Waals surface area contributed by atoms with Crippen molar-refractivity contribution in [3.8, 4) is 17.9 Å². The number of carbonyl (C=O) groups is 2. The molecule has 0 aliphatic carbocycles. The number of amides is 2. The summed E-state index contributed by atoms with van der Waals surface area (Å²) in [6.07, 6.45) is -5.81. The van der Waals surface area contributed by atoms with Crippen molar-refractivity contribution in [3.63, 3.8) is 0 Å². The van der Waals surface area contributed by atoms with Gasteiger partial charge < -0.3 is 19.7 Å². The molecule has 0 aliphatic heterocycles. The van der Waals surface area contributed by atoms with Crippen molar-refractivity contribution < 1.29 is 36.6 Å². The third-order valence-corrected chi connectivity index (χ3v) is 4.44. The molecule has 0 saturated heterocycles. The van der Waals surface area contributed by atoms with Crippen LogP contribution in [0.15, 0.2) is 36.4 Å². The minimum atomic E-state index is -4.85. The van der Waals surface area contributed by atoms with Gasteiger partial charge in [-0.3, -0.25) is 4.79 Å². The first kappa shape index (κ1) is 25.9. The number of benzene rings is 2. The van der Waals surface area contributed by atoms with Crippen molar-refractivity contribution in [1.82, 2.24) is 4.90 Å². The maximum Gasteiger partial charge on any atom is 0.417 e. The zero-order valence-electron chi connectivity index (χ0n) is 18.2. The van der Waals surface area contributed by atoms with Crippen molar-refractivity contribution in [1.29, 1.82) is 10.5 Å². The third kappa shape index (κ3) is 6.13. The zero-order chi connectivity index (χ0) is 25.7. The van der Waals surface area contributed by atoms with Gasteiger partial charge in [0.1, 0.15) is 24.2 Å². The van der Waals surface area contributed by atoms with Crippen LogP contribution in [0.1, 0.15) is 23.6 Å². The standard InChI is InChI=1S/C22H18F4N4O4/c1-21(34-20(32)30(2)3,12-33-16-7-5-14(11-28)18(23)9-16)19(31)29-15-6-4-13(10-27)17(8-15)22(24,25)26/h4-9H,12H2,1-3H3,(H,29,31)/t21-/m0/s1. The van der Waals surface area contributed by atoms with Gasteiger partial charge in [0.25, 0.3) is 5.91 Å². The van der Waals surface area contributed by atoms with Crippen molar-refractivity contribution in [2.45, 2.75) is 18.7 Å². The zero-order valence-corrected chi connectivity index (χ0v) is 18.2. The molecule has 2 aromatic rings. The first-order valence-corrected chi connectivity index (χ1v) is 9.46. The summed E-state index contributed by atoms with van der Waals surface area (Å²) in [4.78, 5) is 26.1. The Morgan fingerprint density at radius 1 is 1.06 bits per heavy atom. The first-order valence-electron chi connectivity index (χ1n) is 9.46. The Balaban J connectivity index is 2.33. The van der Waals surface area contributed by atoms with Gasteiger partial charge >= 0.3 is 12.3 Å². The van der Waals surface area contributed by atoms with Gasteiger partial charge in [-0.05, 0) is 37.3 Å². The van der Waals surface area contributed by atoms with Crippen LogP contribution in [0.2, 0.25) is 0 Å². The van der Waals surface area contributed by atoms with E-state index in [-0.39, 0.29) is 17.0 Å². The van der Waals surface area contributed by atoms with Crippen LogP contribution in [0.4, 0.5) is 28.0 Å². The molecule has 0 radical (unpaired) electrons. The lowest BCUT2D eigenvalue weighted by atomic mass is 10.0. The minimum absolute atomic E-state index is 0.0887. The lowest BCUT2D eigenvalue weighted by Gasteiger charge is -2.29. The molecule has 0 fully saturated rings. The molecule has 2 amide bonds. The van der Waals surface area contributed by atoms with Gasteiger partial charge in [0.2, 0.25) is 5.60 Å². The maximum atomic E-state index is 13.8. The van der Waals surface area contributed by atoms with Gasteiger partial charge in [-0.1, -0.05) is 0 Å². The molecule has 0 heterocycles. The molecule has 0 bridgehead atoms. The average Bonchev–Trinajstić information content (AvgIpc) is 2.77. The fraction of sp³-hybridized carbons (Fsp3) is 0.273. The van der Waals surface area contributed by atoms with Crippen molar-refractivity contribution in [2.75, 3.05) is 26.0 Å². The molecule has 0 aromatic heterocycles. The smallest absolute Gasteiger partial charge is 0.417 e. The van der Waals surface area contributed by atoms with Crippen LogP contribution in [0.25, 0.3) is 0 Å². The highest BCUT2D eigenvalue weighted by Crippen LogP contribution is 2.34. The number of nitrogens with zero attached hydrogens (tertiary/aromatic N) is 3. The molecule has 12 heteroatoms. The first-order chi connectivity index (χ1) is 15.8. The summed E-state index contributed by atoms with van der Waals surface area (Å²) in [5.74, 6) is -2.02. The Labute approximate surface area is 191 Å². The van der Waals surface area contributed by atoms with E-state index in [0.29, 0.717) is 6.07 Å². The minimum Gasteiger partial charge on any atom is -0.489 e. The van der Waals surface area contributed by atoms with Crippen LogP contribution in [0.3, 0.4) is 0 Å². The molecule has 1 atom stereocenters. The second kappa shape index (κ2) is 10.1. The normalized spacial score (nSPS) is 12.5. The number of hydrogen-bond acceptors (Lipinski definition) is 6. The monoisotopic (exact) mass is 478 g/mol. The highest BCUT2D eigenvalue weighted by molar-refractivity contribution is 5.98. The van der Waals surface area contributed by atoms with E-state index in [9.17, 15) is 27.2 Å². The Morgan fingerprint density at radius 3 is 2.21 bits per heavy atom. The molecule has 2 aromatic carbocycles. The Kier molecular flexibility index (Phi) is 7.69. The number of nitriles is 2. The van der Waals surface area contributed by atoms with Gasteiger partial charge in [0.15, 0.2) is 0 Å². The van der Waals surface area contributed by atoms with Crippen LogP contribution in [-0.4, -0.2) is 43.2 Å². The van der Waals surface area contributed by atoms with E-state index in [0.717, 1.165) is 36.1 Å². The Bertz CT molecular complexity index is 1180. The van der Waals surface area contributed by atoms with E-state index in [1.54, 1.807) is 6.07 Å². The second-order valence-electron chi connectivity index (χ2n) is 7.36. The summed E-state index contributed by atoms with van der Waals surface area (Å²) >= 11 is 0. The van der Waals surface area contributed by atoms with Crippen LogP contribution in [-0.2, 0) is 15.7 Å². The average molecular weight is 478 g/mol. The number of halogens is 4. The fourth-order valence-electron chi connectivity index (χ4n) is 2.54. The number of nitrogens with one attached hydrogen (secondary N) is 1. The number of rotatable bonds is 6. The van der Waals surface area contributed by atoms with E-state index in [1.807, 2.05) is 0 Å². The van der Waals surface area contributed by atoms with Gasteiger partial charge in [0, 0.05) is 25.8 Å². The third-order valence-electron chi connectivity index (χ3n) is 4.44. The molecule has 178 valence electrons. The lowest BCUT2D eigenvalue weighted by molar-refractivity contribution is -0.138. The molecule has 8 nitrogen and oxygen atoms in total. The molecule has 0 saturated carbocycles. The quantitative estimate of drug-likeness (QED) is 0.626. The van der Waals surface area contributed by atoms with Crippen LogP contribution in [0, 0.1) is 28.5 Å². The van der Waals surface area contributed by atoms with Gasteiger partial charge in [-0.2, -0.15) is 23.7 Å². The maximum absolute atomic E-state index is 13.8. The van der Waals surface area contributed by atoms with Gasteiger partial charge in [0.05, 0.1) is 22.8 Å². The van der Waals surface area contributed by atoms with Gasteiger partial charge in [-0.15, -0.1) is 0 Å². The molecular weight excluding hydrogens is 460 g/mol. The number of anilines is 1. The lowest BCUT2D eigenvalue weighted by Crippen LogP contribution is -2.50. The SMILES string of the molecule is CN(C)C(=O)O[C@@](C)(COc1ccc(C#N)c(F)c1)C(=O)Nc1ccc(C#N)c(C(F)(F)F)c1.